The van der Waals surface area contributed by atoms with Crippen molar-refractivity contribution < 1.29 is 38.4 Å². The van der Waals surface area contributed by atoms with Gasteiger partial charge in [-0.25, -0.2) is 4.79 Å². The molecule has 3 rings (SSSR count). The number of pyridine rings is 1. The Morgan fingerprint density at radius 2 is 1.78 bits per heavy atom. The number of carbonyl (C=O) groups excluding carboxylic acids is 2. The molecule has 278 valence electrons. The van der Waals surface area contributed by atoms with Crippen molar-refractivity contribution in [2.45, 2.75) is 92.0 Å². The lowest BCUT2D eigenvalue weighted by atomic mass is 9.80. The predicted octanol–water partition coefficient (Wildman–Crippen LogP) is 5.32. The number of benzene rings is 1. The molecule has 1 fully saturated rings. The summed E-state index contributed by atoms with van der Waals surface area (Å²) in [5.41, 5.74) is 6.54. The Morgan fingerprint density at radius 1 is 1.04 bits per heavy atom. The largest absolute Gasteiger partial charge is 0.493 e. The van der Waals surface area contributed by atoms with Gasteiger partial charge in [-0.1, -0.05) is 39.8 Å². The maximum Gasteiger partial charge on any atom is 0.409 e. The number of hydrogen-bond acceptors (Lipinski definition) is 8. The van der Waals surface area contributed by atoms with Crippen LogP contribution in [0, 0.1) is 29.1 Å². The highest BCUT2D eigenvalue weighted by molar-refractivity contribution is 5.83. The molecule has 50 heavy (non-hydrogen) atoms. The van der Waals surface area contributed by atoms with Gasteiger partial charge in [-0.3, -0.25) is 19.5 Å². The number of hydrogen-bond donors (Lipinski definition) is 3. The minimum Gasteiger partial charge on any atom is -0.493 e. The van der Waals surface area contributed by atoms with Crippen molar-refractivity contribution in [2.75, 3.05) is 34.0 Å². The normalized spacial score (nSPS) is 19.0. The third-order valence-electron chi connectivity index (χ3n) is 9.75. The Hall–Kier alpha value is -3.90. The van der Waals surface area contributed by atoms with Gasteiger partial charge in [0.05, 0.1) is 31.3 Å². The SMILES string of the molecule is COCCCOc1cc(C[C@@H](C[C@H]2[C@H](C[C@H](C(=O)NCC(C)(C)C(N)=O)C(C)C)OC(Cc3cccnc3)N2C(=O)O)C(C)C)ccc1OC. The van der Waals surface area contributed by atoms with Crippen LogP contribution in [0.1, 0.15) is 71.9 Å². The topological polar surface area (TPSA) is 163 Å². The molecular weight excluding hydrogens is 640 g/mol. The zero-order chi connectivity index (χ0) is 37.0. The number of carbonyl (C=O) groups is 3. The molecule has 2 heterocycles. The van der Waals surface area contributed by atoms with Crippen LogP contribution in [0.3, 0.4) is 0 Å². The number of nitrogens with zero attached hydrogens (tertiary/aromatic N) is 2. The number of methoxy groups -OCH3 is 2. The molecule has 0 bridgehead atoms. The molecule has 0 radical (unpaired) electrons. The van der Waals surface area contributed by atoms with Gasteiger partial charge in [0.2, 0.25) is 11.8 Å². The summed E-state index contributed by atoms with van der Waals surface area (Å²) in [4.78, 5) is 44.2. The maximum absolute atomic E-state index is 13.6. The van der Waals surface area contributed by atoms with Gasteiger partial charge in [0.25, 0.3) is 0 Å². The van der Waals surface area contributed by atoms with E-state index in [0.717, 1.165) is 17.5 Å². The van der Waals surface area contributed by atoms with E-state index in [1.807, 2.05) is 44.2 Å². The molecule has 12 heteroatoms. The molecule has 1 unspecified atom stereocenters. The van der Waals surface area contributed by atoms with E-state index in [0.29, 0.717) is 50.4 Å². The molecule has 12 nitrogen and oxygen atoms in total. The smallest absolute Gasteiger partial charge is 0.409 e. The number of carboxylic acid groups (broad SMARTS) is 1. The number of nitrogens with one attached hydrogen (secondary N) is 1. The van der Waals surface area contributed by atoms with Crippen molar-refractivity contribution in [3.8, 4) is 11.5 Å². The zero-order valence-electron chi connectivity index (χ0n) is 31.0. The molecule has 1 aromatic carbocycles. The van der Waals surface area contributed by atoms with Gasteiger partial charge in [0.15, 0.2) is 11.5 Å². The molecule has 5 atom stereocenters. The first-order chi connectivity index (χ1) is 23.7. The van der Waals surface area contributed by atoms with Crippen LogP contribution in [0.2, 0.25) is 0 Å². The van der Waals surface area contributed by atoms with Crippen molar-refractivity contribution in [1.82, 2.24) is 15.2 Å². The van der Waals surface area contributed by atoms with Crippen LogP contribution >= 0.6 is 0 Å². The second-order valence-electron chi connectivity index (χ2n) is 14.6. The van der Waals surface area contributed by atoms with E-state index in [1.54, 1.807) is 40.5 Å². The number of rotatable bonds is 20. The van der Waals surface area contributed by atoms with Crippen LogP contribution < -0.4 is 20.5 Å². The van der Waals surface area contributed by atoms with Crippen LogP contribution in [0.5, 0.6) is 11.5 Å². The first-order valence-corrected chi connectivity index (χ1v) is 17.6. The fourth-order valence-corrected chi connectivity index (χ4v) is 6.37. The predicted molar refractivity (Wildman–Crippen MR) is 191 cm³/mol. The van der Waals surface area contributed by atoms with Gasteiger partial charge in [-0.2, -0.15) is 0 Å². The minimum absolute atomic E-state index is 0.0718. The first-order valence-electron chi connectivity index (χ1n) is 17.6. The number of primary amides is 1. The molecule has 4 N–H and O–H groups in total. The molecule has 2 aromatic rings. The molecule has 1 aliphatic heterocycles. The second kappa shape index (κ2) is 18.9. The molecule has 0 saturated carbocycles. The second-order valence-corrected chi connectivity index (χ2v) is 14.6. The molecular formula is C38H58N4O8. The lowest BCUT2D eigenvalue weighted by Gasteiger charge is -2.33. The van der Waals surface area contributed by atoms with Crippen LogP contribution in [-0.4, -0.2) is 85.2 Å². The lowest BCUT2D eigenvalue weighted by Crippen LogP contribution is -2.47. The third kappa shape index (κ3) is 11.3. The van der Waals surface area contributed by atoms with E-state index < -0.39 is 41.7 Å². The molecule has 1 aromatic heterocycles. The average Bonchev–Trinajstić information content (AvgIpc) is 3.40. The van der Waals surface area contributed by atoms with Crippen molar-refractivity contribution in [3.63, 3.8) is 0 Å². The molecule has 1 aliphatic rings. The van der Waals surface area contributed by atoms with E-state index in [1.165, 1.54) is 4.90 Å². The third-order valence-corrected chi connectivity index (χ3v) is 9.75. The summed E-state index contributed by atoms with van der Waals surface area (Å²) in [7, 11) is 3.27. The van der Waals surface area contributed by atoms with Crippen LogP contribution in [0.25, 0.3) is 0 Å². The maximum atomic E-state index is 13.6. The highest BCUT2D eigenvalue weighted by Gasteiger charge is 2.47. The first kappa shape index (κ1) is 40.5. The number of aromatic nitrogens is 1. The van der Waals surface area contributed by atoms with Crippen molar-refractivity contribution >= 4 is 17.9 Å². The zero-order valence-corrected chi connectivity index (χ0v) is 31.0. The Kier molecular flexibility index (Phi) is 15.3. The van der Waals surface area contributed by atoms with Gasteiger partial charge in [-0.05, 0) is 80.2 Å². The summed E-state index contributed by atoms with van der Waals surface area (Å²) < 4.78 is 23.4. The van der Waals surface area contributed by atoms with Crippen molar-refractivity contribution in [1.29, 1.82) is 0 Å². The molecule has 0 aliphatic carbocycles. The monoisotopic (exact) mass is 698 g/mol. The van der Waals surface area contributed by atoms with Gasteiger partial charge in [0.1, 0.15) is 6.23 Å². The quantitative estimate of drug-likeness (QED) is 0.156. The van der Waals surface area contributed by atoms with Crippen molar-refractivity contribution in [2.24, 2.45) is 34.8 Å². The summed E-state index contributed by atoms with van der Waals surface area (Å²) in [5.74, 6) is 0.286. The van der Waals surface area contributed by atoms with Gasteiger partial charge in [-0.15, -0.1) is 0 Å². The number of amides is 3. The van der Waals surface area contributed by atoms with E-state index in [4.69, 9.17) is 24.7 Å². The van der Waals surface area contributed by atoms with Crippen molar-refractivity contribution in [3.05, 3.63) is 53.9 Å². The van der Waals surface area contributed by atoms with Crippen LogP contribution in [0.15, 0.2) is 42.7 Å². The lowest BCUT2D eigenvalue weighted by molar-refractivity contribution is -0.130. The van der Waals surface area contributed by atoms with E-state index in [9.17, 15) is 19.5 Å². The fraction of sp³-hybridized carbons (Fsp3) is 0.632. The Labute approximate surface area is 297 Å². The van der Waals surface area contributed by atoms with Gasteiger partial charge < -0.3 is 35.1 Å². The minimum atomic E-state index is -1.07. The Morgan fingerprint density at radius 3 is 2.36 bits per heavy atom. The van der Waals surface area contributed by atoms with E-state index in [2.05, 4.69) is 24.1 Å². The van der Waals surface area contributed by atoms with Crippen LogP contribution in [-0.2, 0) is 31.9 Å². The highest BCUT2D eigenvalue weighted by Crippen LogP contribution is 2.38. The Balaban J connectivity index is 1.93. The summed E-state index contributed by atoms with van der Waals surface area (Å²) in [6, 6.07) is 9.12. The van der Waals surface area contributed by atoms with Gasteiger partial charge in [0, 0.05) is 51.4 Å². The number of nitrogens with two attached hydrogens (primary N) is 1. The molecule has 1 saturated heterocycles. The summed E-state index contributed by atoms with van der Waals surface area (Å²) in [5, 5.41) is 13.6. The number of ether oxygens (including phenoxy) is 4. The highest BCUT2D eigenvalue weighted by atomic mass is 16.5. The average molecular weight is 699 g/mol. The molecule has 3 amide bonds. The summed E-state index contributed by atoms with van der Waals surface area (Å²) >= 11 is 0. The fourth-order valence-electron chi connectivity index (χ4n) is 6.37. The standard InChI is InChI=1S/C38H58N4O8/c1-24(2)28(17-26-12-13-31(48-8)33(18-26)49-16-10-15-47-7)20-30-32(21-29(25(3)4)35(43)41-23-38(5,6)36(39)44)50-34(42(30)37(45)46)19-27-11-9-14-40-22-27/h9,11-14,18,22,24-25,28-30,32,34H,10,15-17,19-21,23H2,1-8H3,(H2,39,44)(H,41,43)(H,45,46)/t28-,29-,30-,32-,34?/m0/s1. The molecule has 0 spiro atoms. The summed E-state index contributed by atoms with van der Waals surface area (Å²) in [6.07, 6.45) is 3.59. The van der Waals surface area contributed by atoms with Gasteiger partial charge >= 0.3 is 6.09 Å². The van der Waals surface area contributed by atoms with Crippen LogP contribution in [0.4, 0.5) is 4.79 Å². The van der Waals surface area contributed by atoms with E-state index >= 15 is 0 Å². The van der Waals surface area contributed by atoms with E-state index in [-0.39, 0.29) is 30.2 Å². The Bertz CT molecular complexity index is 1390. The summed E-state index contributed by atoms with van der Waals surface area (Å²) in [6.45, 7) is 12.8.